The Hall–Kier alpha value is -0.540. The Morgan fingerprint density at radius 2 is 2.19 bits per heavy atom. The molecule has 1 aromatic carbocycles. The maximum Gasteiger partial charge on any atom is 0.127 e. The van der Waals surface area contributed by atoms with Crippen LogP contribution >= 0.6 is 15.9 Å². The molecule has 0 saturated heterocycles. The molecular formula is C18H26BrNO. The molecule has 1 aliphatic heterocycles. The van der Waals surface area contributed by atoms with E-state index in [2.05, 4.69) is 47.2 Å². The van der Waals surface area contributed by atoms with Crippen LogP contribution in [0.5, 0.6) is 5.75 Å². The van der Waals surface area contributed by atoms with Crippen molar-refractivity contribution in [3.63, 3.8) is 0 Å². The molecule has 2 nitrogen and oxygen atoms in total. The number of hydrogen-bond acceptors (Lipinski definition) is 2. The minimum atomic E-state index is 0.669. The monoisotopic (exact) mass is 351 g/mol. The molecule has 1 aromatic rings. The second-order valence-corrected chi connectivity index (χ2v) is 7.82. The molecule has 0 bridgehead atoms. The third-order valence-corrected chi connectivity index (χ3v) is 5.52. The van der Waals surface area contributed by atoms with Crippen LogP contribution in [0, 0.1) is 11.8 Å². The normalized spacial score (nSPS) is 25.0. The Kier molecular flexibility index (Phi) is 4.90. The van der Waals surface area contributed by atoms with E-state index in [1.807, 2.05) is 0 Å². The lowest BCUT2D eigenvalue weighted by atomic mass is 9.79. The van der Waals surface area contributed by atoms with Crippen molar-refractivity contribution in [3.05, 3.63) is 27.7 Å². The molecule has 116 valence electrons. The van der Waals surface area contributed by atoms with Crippen LogP contribution in [0.1, 0.15) is 50.7 Å². The lowest BCUT2D eigenvalue weighted by molar-refractivity contribution is 0.230. The highest BCUT2D eigenvalue weighted by atomic mass is 79.9. The summed E-state index contributed by atoms with van der Waals surface area (Å²) in [4.78, 5) is 0. The van der Waals surface area contributed by atoms with Gasteiger partial charge in [0.05, 0.1) is 6.61 Å². The molecular weight excluding hydrogens is 326 g/mol. The van der Waals surface area contributed by atoms with Gasteiger partial charge in [0.25, 0.3) is 0 Å². The van der Waals surface area contributed by atoms with Gasteiger partial charge in [0.2, 0.25) is 0 Å². The van der Waals surface area contributed by atoms with E-state index in [1.54, 1.807) is 0 Å². The standard InChI is InChI=1S/C18H26BrNO/c1-12(2)13-4-3-5-17(10-13)20-11-15-9-16(19)8-14-6-7-21-18(14)15/h8-9,12-13,17,20H,3-7,10-11H2,1-2H3. The van der Waals surface area contributed by atoms with E-state index in [9.17, 15) is 0 Å². The molecule has 0 radical (unpaired) electrons. The number of benzene rings is 1. The number of fused-ring (bicyclic) bond motifs is 1. The van der Waals surface area contributed by atoms with Crippen LogP contribution in [0.4, 0.5) is 0 Å². The van der Waals surface area contributed by atoms with Crippen molar-refractivity contribution < 1.29 is 4.74 Å². The first-order chi connectivity index (χ1) is 10.1. The van der Waals surface area contributed by atoms with Gasteiger partial charge in [0.1, 0.15) is 5.75 Å². The van der Waals surface area contributed by atoms with Gasteiger partial charge < -0.3 is 10.1 Å². The van der Waals surface area contributed by atoms with Crippen LogP contribution in [0.15, 0.2) is 16.6 Å². The Bertz CT molecular complexity index is 500. The lowest BCUT2D eigenvalue weighted by Gasteiger charge is -2.32. The highest BCUT2D eigenvalue weighted by Crippen LogP contribution is 2.34. The van der Waals surface area contributed by atoms with Gasteiger partial charge in [-0.25, -0.2) is 0 Å². The van der Waals surface area contributed by atoms with Crippen molar-refractivity contribution in [2.45, 2.75) is 58.5 Å². The molecule has 1 aliphatic carbocycles. The first-order valence-corrected chi connectivity index (χ1v) is 9.10. The van der Waals surface area contributed by atoms with Crippen molar-refractivity contribution in [2.75, 3.05) is 6.61 Å². The number of nitrogens with one attached hydrogen (secondary N) is 1. The van der Waals surface area contributed by atoms with Crippen LogP contribution in [-0.2, 0) is 13.0 Å². The molecule has 2 atom stereocenters. The molecule has 3 heteroatoms. The number of ether oxygens (including phenoxy) is 1. The molecule has 0 amide bonds. The van der Waals surface area contributed by atoms with Gasteiger partial charge in [0, 0.05) is 29.0 Å². The van der Waals surface area contributed by atoms with Crippen LogP contribution < -0.4 is 10.1 Å². The number of rotatable bonds is 4. The average Bonchev–Trinajstić information content (AvgIpc) is 2.93. The summed E-state index contributed by atoms with van der Waals surface area (Å²) >= 11 is 3.63. The molecule has 3 rings (SSSR count). The number of hydrogen-bond donors (Lipinski definition) is 1. The van der Waals surface area contributed by atoms with Gasteiger partial charge in [-0.05, 0) is 42.4 Å². The van der Waals surface area contributed by atoms with Gasteiger partial charge in [-0.2, -0.15) is 0 Å². The fraction of sp³-hybridized carbons (Fsp3) is 0.667. The summed E-state index contributed by atoms with van der Waals surface area (Å²) < 4.78 is 7.00. The van der Waals surface area contributed by atoms with E-state index in [0.29, 0.717) is 6.04 Å². The van der Waals surface area contributed by atoms with Crippen LogP contribution in [-0.4, -0.2) is 12.6 Å². The smallest absolute Gasteiger partial charge is 0.127 e. The van der Waals surface area contributed by atoms with Gasteiger partial charge in [-0.3, -0.25) is 0 Å². The third-order valence-electron chi connectivity index (χ3n) is 5.06. The quantitative estimate of drug-likeness (QED) is 0.849. The molecule has 21 heavy (non-hydrogen) atoms. The van der Waals surface area contributed by atoms with Crippen LogP contribution in [0.25, 0.3) is 0 Å². The highest BCUT2D eigenvalue weighted by molar-refractivity contribution is 9.10. The van der Waals surface area contributed by atoms with Crippen molar-refractivity contribution in [3.8, 4) is 5.75 Å². The maximum absolute atomic E-state index is 5.82. The topological polar surface area (TPSA) is 21.3 Å². The molecule has 1 fully saturated rings. The first-order valence-electron chi connectivity index (χ1n) is 8.31. The SMILES string of the molecule is CC(C)C1CCCC(NCc2cc(Br)cc3c2OCC3)C1. The first kappa shape index (κ1) is 15.4. The summed E-state index contributed by atoms with van der Waals surface area (Å²) in [7, 11) is 0. The summed E-state index contributed by atoms with van der Waals surface area (Å²) in [6, 6.07) is 5.07. The van der Waals surface area contributed by atoms with Gasteiger partial charge in [-0.15, -0.1) is 0 Å². The second kappa shape index (κ2) is 6.70. The molecule has 1 heterocycles. The van der Waals surface area contributed by atoms with Gasteiger partial charge in [-0.1, -0.05) is 42.6 Å². The minimum absolute atomic E-state index is 0.669. The zero-order valence-electron chi connectivity index (χ0n) is 13.1. The molecule has 2 aliphatic rings. The van der Waals surface area contributed by atoms with Crippen molar-refractivity contribution in [1.82, 2.24) is 5.32 Å². The summed E-state index contributed by atoms with van der Waals surface area (Å²) in [5, 5.41) is 3.78. The van der Waals surface area contributed by atoms with Crippen LogP contribution in [0.2, 0.25) is 0 Å². The predicted octanol–water partition coefficient (Wildman–Crippen LogP) is 4.69. The Morgan fingerprint density at radius 3 is 3.00 bits per heavy atom. The summed E-state index contributed by atoms with van der Waals surface area (Å²) in [5.74, 6) is 2.83. The minimum Gasteiger partial charge on any atom is -0.493 e. The van der Waals surface area contributed by atoms with Gasteiger partial charge in [0.15, 0.2) is 0 Å². The zero-order chi connectivity index (χ0) is 14.8. The summed E-state index contributed by atoms with van der Waals surface area (Å²) in [6.07, 6.45) is 6.47. The van der Waals surface area contributed by atoms with Crippen LogP contribution in [0.3, 0.4) is 0 Å². The molecule has 2 unspecified atom stereocenters. The largest absolute Gasteiger partial charge is 0.493 e. The molecule has 0 spiro atoms. The number of halogens is 1. The third kappa shape index (κ3) is 3.62. The van der Waals surface area contributed by atoms with Crippen molar-refractivity contribution in [2.24, 2.45) is 11.8 Å². The Balaban J connectivity index is 1.63. The predicted molar refractivity (Wildman–Crippen MR) is 90.8 cm³/mol. The van der Waals surface area contributed by atoms with E-state index in [4.69, 9.17) is 4.74 Å². The van der Waals surface area contributed by atoms with Crippen molar-refractivity contribution in [1.29, 1.82) is 0 Å². The highest BCUT2D eigenvalue weighted by Gasteiger charge is 2.24. The van der Waals surface area contributed by atoms with E-state index >= 15 is 0 Å². The molecule has 0 aromatic heterocycles. The Labute approximate surface area is 136 Å². The lowest BCUT2D eigenvalue weighted by Crippen LogP contribution is -2.35. The van der Waals surface area contributed by atoms with E-state index in [0.717, 1.165) is 37.2 Å². The van der Waals surface area contributed by atoms with Crippen molar-refractivity contribution >= 4 is 15.9 Å². The fourth-order valence-electron chi connectivity index (χ4n) is 3.75. The summed E-state index contributed by atoms with van der Waals surface area (Å²) in [6.45, 7) is 6.49. The summed E-state index contributed by atoms with van der Waals surface area (Å²) in [5.41, 5.74) is 2.66. The average molecular weight is 352 g/mol. The zero-order valence-corrected chi connectivity index (χ0v) is 14.7. The molecule has 1 N–H and O–H groups in total. The Morgan fingerprint density at radius 1 is 1.33 bits per heavy atom. The van der Waals surface area contributed by atoms with E-state index < -0.39 is 0 Å². The van der Waals surface area contributed by atoms with E-state index in [1.165, 1.54) is 41.3 Å². The fourth-order valence-corrected chi connectivity index (χ4v) is 4.30. The molecule has 1 saturated carbocycles. The van der Waals surface area contributed by atoms with Gasteiger partial charge >= 0.3 is 0 Å². The second-order valence-electron chi connectivity index (χ2n) is 6.90. The van der Waals surface area contributed by atoms with E-state index in [-0.39, 0.29) is 0 Å². The maximum atomic E-state index is 5.82.